The molecular formula is C26H24ClN3O3S. The van der Waals surface area contributed by atoms with Gasteiger partial charge in [-0.25, -0.2) is 4.98 Å². The van der Waals surface area contributed by atoms with Crippen LogP contribution >= 0.6 is 23.4 Å². The summed E-state index contributed by atoms with van der Waals surface area (Å²) >= 11 is 7.34. The highest BCUT2D eigenvalue weighted by atomic mass is 35.5. The summed E-state index contributed by atoms with van der Waals surface area (Å²) in [5.74, 6) is -0.0800. The first-order valence-electron chi connectivity index (χ1n) is 10.8. The minimum atomic E-state index is -0.183. The number of anilines is 1. The molecule has 4 rings (SSSR count). The van der Waals surface area contributed by atoms with E-state index in [1.54, 1.807) is 29.9 Å². The second-order valence-electron chi connectivity index (χ2n) is 7.61. The third-order valence-corrected chi connectivity index (χ3v) is 6.44. The molecule has 1 heterocycles. The molecule has 6 nitrogen and oxygen atoms in total. The maximum atomic E-state index is 13.1. The Hall–Kier alpha value is -3.13. The molecule has 8 heteroatoms. The molecule has 1 amide bonds. The Morgan fingerprint density at radius 3 is 2.65 bits per heavy atom. The molecule has 0 bridgehead atoms. The van der Waals surface area contributed by atoms with E-state index < -0.39 is 0 Å². The molecule has 1 N–H and O–H groups in total. The van der Waals surface area contributed by atoms with Gasteiger partial charge < -0.3 is 10.1 Å². The van der Waals surface area contributed by atoms with Gasteiger partial charge >= 0.3 is 0 Å². The van der Waals surface area contributed by atoms with E-state index in [-0.39, 0.29) is 17.2 Å². The second kappa shape index (κ2) is 11.3. The normalized spacial score (nSPS) is 11.0. The zero-order chi connectivity index (χ0) is 23.9. The van der Waals surface area contributed by atoms with Gasteiger partial charge in [0.15, 0.2) is 5.16 Å². The van der Waals surface area contributed by atoms with Crippen LogP contribution in [0, 0.1) is 0 Å². The molecule has 0 saturated heterocycles. The smallest absolute Gasteiger partial charge is 0.262 e. The minimum Gasteiger partial charge on any atom is -0.385 e. The fourth-order valence-corrected chi connectivity index (χ4v) is 4.62. The van der Waals surface area contributed by atoms with E-state index in [0.717, 1.165) is 16.8 Å². The molecule has 0 aliphatic rings. The fraction of sp³-hybridized carbons (Fsp3) is 0.192. The van der Waals surface area contributed by atoms with E-state index >= 15 is 0 Å². The van der Waals surface area contributed by atoms with Crippen LogP contribution in [0.1, 0.15) is 6.42 Å². The predicted octanol–water partition coefficient (Wildman–Crippen LogP) is 5.48. The number of aromatic nitrogens is 2. The molecule has 1 aromatic heterocycles. The molecule has 3 aromatic carbocycles. The third kappa shape index (κ3) is 5.67. The zero-order valence-electron chi connectivity index (χ0n) is 18.7. The summed E-state index contributed by atoms with van der Waals surface area (Å²) in [7, 11) is 1.62. The van der Waals surface area contributed by atoms with Crippen molar-refractivity contribution in [2.45, 2.75) is 18.1 Å². The van der Waals surface area contributed by atoms with Crippen LogP contribution in [0.15, 0.2) is 82.7 Å². The summed E-state index contributed by atoms with van der Waals surface area (Å²) in [6.07, 6.45) is 0.654. The number of carbonyl (C=O) groups is 1. The van der Waals surface area contributed by atoms with Gasteiger partial charge in [0.25, 0.3) is 5.56 Å². The highest BCUT2D eigenvalue weighted by molar-refractivity contribution is 7.99. The number of carbonyl (C=O) groups excluding carboxylic acids is 1. The van der Waals surface area contributed by atoms with E-state index in [1.165, 1.54) is 11.8 Å². The Bertz CT molecular complexity index is 1360. The molecule has 0 saturated carbocycles. The number of fused-ring (bicyclic) bond motifs is 1. The van der Waals surface area contributed by atoms with Crippen LogP contribution < -0.4 is 10.9 Å². The molecule has 34 heavy (non-hydrogen) atoms. The summed E-state index contributed by atoms with van der Waals surface area (Å²) in [4.78, 5) is 30.6. The number of hydrogen-bond donors (Lipinski definition) is 1. The lowest BCUT2D eigenvalue weighted by atomic mass is 10.0. The number of nitrogens with zero attached hydrogens (tertiary/aromatic N) is 2. The Morgan fingerprint density at radius 1 is 1.09 bits per heavy atom. The summed E-state index contributed by atoms with van der Waals surface area (Å²) in [6.45, 7) is 0.963. The lowest BCUT2D eigenvalue weighted by Crippen LogP contribution is -2.25. The summed E-state index contributed by atoms with van der Waals surface area (Å²) in [6, 6.07) is 22.6. The quantitative estimate of drug-likeness (QED) is 0.190. The maximum absolute atomic E-state index is 13.1. The van der Waals surface area contributed by atoms with Crippen LogP contribution in [-0.2, 0) is 16.1 Å². The molecule has 0 atom stereocenters. The van der Waals surface area contributed by atoms with Gasteiger partial charge in [0.1, 0.15) is 0 Å². The average molecular weight is 494 g/mol. The molecule has 0 unspecified atom stereocenters. The Balaban J connectivity index is 1.56. The van der Waals surface area contributed by atoms with Gasteiger partial charge in [0, 0.05) is 36.5 Å². The summed E-state index contributed by atoms with van der Waals surface area (Å²) in [5, 5.41) is 4.47. The van der Waals surface area contributed by atoms with E-state index in [0.29, 0.717) is 40.7 Å². The van der Waals surface area contributed by atoms with Crippen LogP contribution in [0.4, 0.5) is 5.69 Å². The SMILES string of the molecule is COCCCn1c(SCC(=O)Nc2ccccc2-c2ccccc2)nc2cc(Cl)ccc2c1=O. The van der Waals surface area contributed by atoms with Crippen molar-refractivity contribution in [3.05, 3.63) is 88.2 Å². The molecule has 0 aliphatic heterocycles. The summed E-state index contributed by atoms with van der Waals surface area (Å²) < 4.78 is 6.74. The van der Waals surface area contributed by atoms with Gasteiger partial charge in [0.05, 0.1) is 16.7 Å². The molecule has 4 aromatic rings. The van der Waals surface area contributed by atoms with Crippen LogP contribution in [0.5, 0.6) is 0 Å². The molecule has 0 spiro atoms. The van der Waals surface area contributed by atoms with E-state index in [1.807, 2.05) is 54.6 Å². The number of rotatable bonds is 9. The molecule has 174 valence electrons. The Kier molecular flexibility index (Phi) is 8.00. The largest absolute Gasteiger partial charge is 0.385 e. The van der Waals surface area contributed by atoms with Gasteiger partial charge in [-0.1, -0.05) is 71.9 Å². The monoisotopic (exact) mass is 493 g/mol. The van der Waals surface area contributed by atoms with Crippen LogP contribution in [-0.4, -0.2) is 34.9 Å². The van der Waals surface area contributed by atoms with E-state index in [2.05, 4.69) is 10.3 Å². The average Bonchev–Trinajstić information content (AvgIpc) is 2.85. The first-order chi connectivity index (χ1) is 16.6. The number of thioether (sulfide) groups is 1. The second-order valence-corrected chi connectivity index (χ2v) is 8.99. The predicted molar refractivity (Wildman–Crippen MR) is 139 cm³/mol. The minimum absolute atomic E-state index is 0.103. The van der Waals surface area contributed by atoms with Crippen molar-refractivity contribution in [1.82, 2.24) is 9.55 Å². The first-order valence-corrected chi connectivity index (χ1v) is 12.2. The van der Waals surface area contributed by atoms with Gasteiger partial charge in [-0.15, -0.1) is 0 Å². The van der Waals surface area contributed by atoms with Crippen molar-refractivity contribution in [3.63, 3.8) is 0 Å². The van der Waals surface area contributed by atoms with Crippen molar-refractivity contribution >= 4 is 45.9 Å². The summed E-state index contributed by atoms with van der Waals surface area (Å²) in [5.41, 5.74) is 3.05. The topological polar surface area (TPSA) is 73.2 Å². The number of ether oxygens (including phenoxy) is 1. The van der Waals surface area contributed by atoms with Gasteiger partial charge in [-0.3, -0.25) is 14.2 Å². The van der Waals surface area contributed by atoms with Crippen molar-refractivity contribution < 1.29 is 9.53 Å². The number of halogens is 1. The highest BCUT2D eigenvalue weighted by Crippen LogP contribution is 2.28. The number of nitrogens with one attached hydrogen (secondary N) is 1. The molecule has 0 radical (unpaired) electrons. The van der Waals surface area contributed by atoms with Crippen LogP contribution in [0.3, 0.4) is 0 Å². The number of para-hydroxylation sites is 1. The van der Waals surface area contributed by atoms with Crippen molar-refractivity contribution in [3.8, 4) is 11.1 Å². The lowest BCUT2D eigenvalue weighted by Gasteiger charge is -2.14. The molecule has 0 aliphatic carbocycles. The number of hydrogen-bond acceptors (Lipinski definition) is 5. The van der Waals surface area contributed by atoms with Gasteiger partial charge in [-0.05, 0) is 36.2 Å². The standard InChI is InChI=1S/C26H24ClN3O3S/c1-33-15-7-14-30-25(32)21-13-12-19(27)16-23(21)29-26(30)34-17-24(31)28-22-11-6-5-10-20(22)18-8-3-2-4-9-18/h2-6,8-13,16H,7,14-15,17H2,1H3,(H,28,31). The fourth-order valence-electron chi connectivity index (χ4n) is 3.63. The van der Waals surface area contributed by atoms with Crippen LogP contribution in [0.25, 0.3) is 22.0 Å². The van der Waals surface area contributed by atoms with E-state index in [4.69, 9.17) is 16.3 Å². The van der Waals surface area contributed by atoms with Crippen LogP contribution in [0.2, 0.25) is 5.02 Å². The number of methoxy groups -OCH3 is 1. The number of amides is 1. The van der Waals surface area contributed by atoms with E-state index in [9.17, 15) is 9.59 Å². The third-order valence-electron chi connectivity index (χ3n) is 5.23. The zero-order valence-corrected chi connectivity index (χ0v) is 20.2. The first kappa shape index (κ1) is 24.0. The lowest BCUT2D eigenvalue weighted by molar-refractivity contribution is -0.113. The van der Waals surface area contributed by atoms with Gasteiger partial charge in [-0.2, -0.15) is 0 Å². The van der Waals surface area contributed by atoms with Gasteiger partial charge in [0.2, 0.25) is 5.91 Å². The highest BCUT2D eigenvalue weighted by Gasteiger charge is 2.15. The number of benzene rings is 3. The van der Waals surface area contributed by atoms with Crippen molar-refractivity contribution in [2.75, 3.05) is 24.8 Å². The van der Waals surface area contributed by atoms with Crippen molar-refractivity contribution in [1.29, 1.82) is 0 Å². The van der Waals surface area contributed by atoms with Crippen molar-refractivity contribution in [2.24, 2.45) is 0 Å². The maximum Gasteiger partial charge on any atom is 0.262 e. The Labute approximate surface area is 206 Å². The molecule has 0 fully saturated rings. The Morgan fingerprint density at radius 2 is 1.85 bits per heavy atom. The molecular weight excluding hydrogens is 470 g/mol.